The third-order valence-electron chi connectivity index (χ3n) is 5.97. The number of aryl methyl sites for hydroxylation is 2. The van der Waals surface area contributed by atoms with E-state index in [-0.39, 0.29) is 0 Å². The highest BCUT2D eigenvalue weighted by atomic mass is 30.4. The zero-order valence-corrected chi connectivity index (χ0v) is 34.1. The van der Waals surface area contributed by atoms with Crippen molar-refractivity contribution in [1.82, 2.24) is 0 Å². The molecule has 1 atom stereocenters. The fourth-order valence-corrected chi connectivity index (χ4v) is 274. The van der Waals surface area contributed by atoms with Crippen molar-refractivity contribution >= 4 is 77.2 Å². The lowest BCUT2D eigenvalue weighted by Crippen LogP contribution is -2.88. The van der Waals surface area contributed by atoms with Crippen molar-refractivity contribution in [3.8, 4) is 49.1 Å². The predicted molar refractivity (Wildman–Crippen MR) is 157 cm³/mol. The second-order valence-electron chi connectivity index (χ2n) is 8.91. The molecule has 0 aliphatic rings. The van der Waals surface area contributed by atoms with Gasteiger partial charge in [0.05, 0.1) is 32.5 Å². The van der Waals surface area contributed by atoms with Crippen LogP contribution < -0.4 is 9.47 Å². The first-order valence-electron chi connectivity index (χ1n) is 10.0. The lowest BCUT2D eigenvalue weighted by Gasteiger charge is -2.50. The highest BCUT2D eigenvalue weighted by molar-refractivity contribution is 8.11. The maximum atomic E-state index is 6.24. The number of benzene rings is 1. The monoisotopic (exact) mass is 570 g/mol. The lowest BCUT2D eigenvalue weighted by molar-refractivity contribution is 0.351. The fraction of sp³-hybridized carbons (Fsp3) is 0.294. The van der Waals surface area contributed by atoms with Crippen LogP contribution in [-0.2, 0) is 19.7 Å². The van der Waals surface area contributed by atoms with Crippen molar-refractivity contribution in [3.05, 3.63) is 23.3 Å². The van der Waals surface area contributed by atoms with Crippen molar-refractivity contribution < 1.29 is 22.8 Å². The summed E-state index contributed by atoms with van der Waals surface area (Å²) >= 11 is 0. The zero-order chi connectivity index (χ0) is 23.9. The maximum Gasteiger partial charge on any atom is 0.432 e. The molecule has 0 fully saturated rings. The first-order valence-corrected chi connectivity index (χ1v) is 38.4. The Labute approximate surface area is 205 Å². The van der Waals surface area contributed by atoms with E-state index in [0.717, 1.165) is 54.6 Å². The van der Waals surface area contributed by atoms with Crippen molar-refractivity contribution in [1.29, 1.82) is 0 Å². The van der Waals surface area contributed by atoms with Gasteiger partial charge in [0.2, 0.25) is 6.87 Å². The maximum absolute atomic E-state index is 6.24. The van der Waals surface area contributed by atoms with Crippen LogP contribution in [0.25, 0.3) is 0 Å². The minimum absolute atomic E-state index is 0.754. The van der Waals surface area contributed by atoms with E-state index in [1.165, 1.54) is 29.3 Å². The highest BCUT2D eigenvalue weighted by Crippen LogP contribution is 2.36. The summed E-state index contributed by atoms with van der Waals surface area (Å²) in [6, 6.07) is 5.20. The number of hydrogen-bond donors (Lipinski definition) is 0. The van der Waals surface area contributed by atoms with Crippen LogP contribution in [0, 0.1) is 44.5 Å². The molecule has 0 saturated carbocycles. The minimum Gasteiger partial charge on any atom is -0.514 e. The Morgan fingerprint density at radius 1 is 0.935 bits per heavy atom. The molecule has 0 radical (unpaired) electrons. The standard InChI is InChI=1S/C17H34O5Si9/c1-7-20-28(21-8-2)29(31(25,26)27,30(23,24)22-9-3)11-10-15-12-14(4)13-16(18-5)17(15)19-6/h1-3,12-13,28H,10-11H2,4-6,23-27H3. The van der Waals surface area contributed by atoms with E-state index in [4.69, 9.17) is 42.0 Å². The van der Waals surface area contributed by atoms with Gasteiger partial charge in [0.15, 0.2) is 18.1 Å². The topological polar surface area (TPSA) is 46.2 Å². The van der Waals surface area contributed by atoms with Gasteiger partial charge in [0.1, 0.15) is 0 Å². The van der Waals surface area contributed by atoms with Crippen LogP contribution >= 0.6 is 0 Å². The minimum atomic E-state index is -2.29. The third-order valence-corrected chi connectivity index (χ3v) is 155. The summed E-state index contributed by atoms with van der Waals surface area (Å²) in [6.07, 6.45) is 23.8. The van der Waals surface area contributed by atoms with Gasteiger partial charge in [-0.25, -0.2) is 0 Å². The average molecular weight is 571 g/mol. The van der Waals surface area contributed by atoms with Gasteiger partial charge in [0, 0.05) is 25.7 Å². The molecule has 0 aromatic heterocycles. The first kappa shape index (κ1) is 27.9. The molecule has 0 aliphatic carbocycles. The molecule has 31 heavy (non-hydrogen) atoms. The van der Waals surface area contributed by atoms with E-state index in [9.17, 15) is 0 Å². The summed E-state index contributed by atoms with van der Waals surface area (Å²) in [6.45, 7) is -2.15. The Bertz CT molecular complexity index is 881. The molecular weight excluding hydrogens is 537 g/mol. The Morgan fingerprint density at radius 3 is 1.94 bits per heavy atom. The van der Waals surface area contributed by atoms with Crippen LogP contribution in [0.15, 0.2) is 12.1 Å². The Kier molecular flexibility index (Phi) is 10.5. The summed E-state index contributed by atoms with van der Waals surface area (Å²) in [5, 5.41) is 0. The SMILES string of the molecule is C#CO[SiH](OC#C)[Si](CCc1cc(C)cc(OC)c1OC)([Si]([SiH3])([SiH3])[SiH3])[Si]([SiH3])([SiH3])OC#C. The van der Waals surface area contributed by atoms with Gasteiger partial charge in [-0.2, -0.15) is 0 Å². The normalized spacial score (nSPS) is 16.8. The molecule has 0 N–H and O–H groups in total. The number of terminal acetylenes is 3. The molecule has 0 amide bonds. The quantitative estimate of drug-likeness (QED) is 0.197. The molecule has 1 aromatic carbocycles. The molecule has 5 nitrogen and oxygen atoms in total. The van der Waals surface area contributed by atoms with E-state index < -0.39 is 28.4 Å². The highest BCUT2D eigenvalue weighted by Gasteiger charge is 2.67. The third kappa shape index (κ3) is 6.01. The summed E-state index contributed by atoms with van der Waals surface area (Å²) < 4.78 is 29.5. The van der Waals surface area contributed by atoms with E-state index >= 15 is 0 Å². The number of rotatable bonds is 11. The Balaban J connectivity index is 3.70. The van der Waals surface area contributed by atoms with Crippen molar-refractivity contribution in [2.24, 2.45) is 0 Å². The van der Waals surface area contributed by atoms with Gasteiger partial charge in [-0.3, -0.25) is 0 Å². The summed E-state index contributed by atoms with van der Waals surface area (Å²) in [5.74, 6) is 1.55. The van der Waals surface area contributed by atoms with E-state index in [1.807, 2.05) is 6.07 Å². The van der Waals surface area contributed by atoms with Crippen LogP contribution in [0.4, 0.5) is 0 Å². The summed E-state index contributed by atoms with van der Waals surface area (Å²) in [5.41, 5.74) is 2.28. The number of ether oxygens (including phenoxy) is 2. The average Bonchev–Trinajstić information content (AvgIpc) is 2.66. The Hall–Kier alpha value is -1.15. The van der Waals surface area contributed by atoms with Gasteiger partial charge >= 0.3 is 8.80 Å². The number of hydrogen-bond acceptors (Lipinski definition) is 5. The molecule has 14 heteroatoms. The van der Waals surface area contributed by atoms with E-state index in [1.54, 1.807) is 14.2 Å². The van der Waals surface area contributed by atoms with Gasteiger partial charge in [0.25, 0.3) is 0 Å². The van der Waals surface area contributed by atoms with Crippen LogP contribution in [0.2, 0.25) is 6.04 Å². The lowest BCUT2D eigenvalue weighted by atomic mass is 10.1. The molecule has 168 valence electrons. The van der Waals surface area contributed by atoms with Crippen LogP contribution in [0.3, 0.4) is 0 Å². The molecule has 0 heterocycles. The van der Waals surface area contributed by atoms with Crippen molar-refractivity contribution in [2.45, 2.75) is 19.4 Å². The van der Waals surface area contributed by atoms with Crippen LogP contribution in [0.5, 0.6) is 11.5 Å². The van der Waals surface area contributed by atoms with Gasteiger partial charge in [-0.15, -0.1) is 0 Å². The van der Waals surface area contributed by atoms with Crippen molar-refractivity contribution in [3.63, 3.8) is 0 Å². The second kappa shape index (κ2) is 11.6. The molecule has 0 saturated heterocycles. The van der Waals surface area contributed by atoms with E-state index in [0.29, 0.717) is 0 Å². The number of methoxy groups -OCH3 is 2. The van der Waals surface area contributed by atoms with Crippen molar-refractivity contribution in [2.75, 3.05) is 14.2 Å². The molecule has 1 unspecified atom stereocenters. The summed E-state index contributed by atoms with van der Waals surface area (Å²) in [7, 11) is 6.57. The fourth-order valence-electron chi connectivity index (χ4n) is 4.64. The zero-order valence-electron chi connectivity index (χ0n) is 19.9. The Morgan fingerprint density at radius 2 is 1.52 bits per heavy atom. The van der Waals surface area contributed by atoms with Crippen LogP contribution in [-0.4, -0.2) is 91.5 Å². The molecular formula is C17H34O5Si9. The van der Waals surface area contributed by atoms with Gasteiger partial charge < -0.3 is 22.8 Å². The first-order chi connectivity index (χ1) is 14.4. The van der Waals surface area contributed by atoms with Gasteiger partial charge in [-0.1, -0.05) is 31.4 Å². The summed E-state index contributed by atoms with van der Waals surface area (Å²) in [4.78, 5) is 0. The molecule has 0 spiro atoms. The molecule has 0 bridgehead atoms. The molecule has 1 aromatic rings. The predicted octanol–water partition coefficient (Wildman–Crippen LogP) is -5.01. The molecule has 0 aliphatic heterocycles. The van der Waals surface area contributed by atoms with Gasteiger partial charge in [-0.05, 0) is 59.8 Å². The van der Waals surface area contributed by atoms with Crippen LogP contribution in [0.1, 0.15) is 11.1 Å². The second-order valence-corrected chi connectivity index (χ2v) is 116. The largest absolute Gasteiger partial charge is 0.514 e. The molecule has 1 rings (SSSR count). The smallest absolute Gasteiger partial charge is 0.432 e. The van der Waals surface area contributed by atoms with E-state index in [2.05, 4.69) is 31.3 Å².